The Morgan fingerprint density at radius 1 is 1.42 bits per heavy atom. The molecule has 0 N–H and O–H groups in total. The summed E-state index contributed by atoms with van der Waals surface area (Å²) in [4.78, 5) is 18.1. The Labute approximate surface area is 114 Å². The number of hydrogen-bond donors (Lipinski definition) is 0. The topological polar surface area (TPSA) is 78.2 Å². The molecule has 98 valence electrons. The molecule has 0 bridgehead atoms. The summed E-state index contributed by atoms with van der Waals surface area (Å²) in [6.45, 7) is 1.92. The first-order valence-electron chi connectivity index (χ1n) is 5.54. The largest absolute Gasteiger partial charge is 0.432 e. The van der Waals surface area contributed by atoms with Crippen LogP contribution in [-0.4, -0.2) is 14.9 Å². The lowest BCUT2D eigenvalue weighted by atomic mass is 10.1. The fraction of sp³-hybridized carbons (Fsp3) is 0.167. The Kier molecular flexibility index (Phi) is 3.91. The maximum atomic E-state index is 11.0. The second-order valence-corrected chi connectivity index (χ2v) is 4.02. The van der Waals surface area contributed by atoms with E-state index in [1.165, 1.54) is 18.3 Å². The predicted molar refractivity (Wildman–Crippen MR) is 69.6 cm³/mol. The van der Waals surface area contributed by atoms with Crippen LogP contribution in [0.3, 0.4) is 0 Å². The molecule has 0 saturated heterocycles. The van der Waals surface area contributed by atoms with Crippen LogP contribution in [0.4, 0.5) is 5.69 Å². The Hall–Kier alpha value is -2.21. The van der Waals surface area contributed by atoms with Gasteiger partial charge >= 0.3 is 5.69 Å². The van der Waals surface area contributed by atoms with Gasteiger partial charge in [-0.1, -0.05) is 13.0 Å². The third kappa shape index (κ3) is 3.17. The van der Waals surface area contributed by atoms with Crippen LogP contribution in [0.1, 0.15) is 12.5 Å². The molecule has 2 aromatic rings. The van der Waals surface area contributed by atoms with Gasteiger partial charge in [-0.05, 0) is 29.7 Å². The average Bonchev–Trinajstić information content (AvgIpc) is 2.39. The van der Waals surface area contributed by atoms with E-state index in [1.54, 1.807) is 12.1 Å². The van der Waals surface area contributed by atoms with E-state index in [0.717, 1.165) is 5.56 Å². The van der Waals surface area contributed by atoms with Gasteiger partial charge in [0, 0.05) is 18.3 Å². The minimum absolute atomic E-state index is 0.0188. The molecular formula is C12H10ClN3O3. The van der Waals surface area contributed by atoms with E-state index in [9.17, 15) is 10.1 Å². The van der Waals surface area contributed by atoms with Gasteiger partial charge in [0.05, 0.1) is 4.92 Å². The molecule has 1 heterocycles. The van der Waals surface area contributed by atoms with E-state index in [4.69, 9.17) is 16.3 Å². The molecule has 0 spiro atoms. The highest BCUT2D eigenvalue weighted by Crippen LogP contribution is 2.31. The Balaban J connectivity index is 2.36. The van der Waals surface area contributed by atoms with Gasteiger partial charge in [-0.2, -0.15) is 4.98 Å². The lowest BCUT2D eigenvalue weighted by Gasteiger charge is -2.06. The minimum Gasteiger partial charge on any atom is -0.432 e. The van der Waals surface area contributed by atoms with Gasteiger partial charge in [-0.3, -0.25) is 10.1 Å². The maximum absolute atomic E-state index is 11.0. The zero-order valence-corrected chi connectivity index (χ0v) is 10.8. The SMILES string of the molecule is CCc1ccc(Oc2ccnc(Cl)n2)c([N+](=O)[O-])c1. The molecule has 0 fully saturated rings. The van der Waals surface area contributed by atoms with E-state index >= 15 is 0 Å². The van der Waals surface area contributed by atoms with Gasteiger partial charge in [-0.15, -0.1) is 0 Å². The normalized spacial score (nSPS) is 10.2. The number of nitrogens with zero attached hydrogens (tertiary/aromatic N) is 3. The molecular weight excluding hydrogens is 270 g/mol. The molecule has 0 aliphatic rings. The maximum Gasteiger partial charge on any atom is 0.311 e. The summed E-state index contributed by atoms with van der Waals surface area (Å²) in [5, 5.41) is 11.0. The van der Waals surface area contributed by atoms with Gasteiger partial charge in [-0.25, -0.2) is 4.98 Å². The minimum atomic E-state index is -0.489. The molecule has 0 unspecified atom stereocenters. The van der Waals surface area contributed by atoms with Gasteiger partial charge in [0.15, 0.2) is 0 Å². The number of benzene rings is 1. The molecule has 0 amide bonds. The predicted octanol–water partition coefficient (Wildman–Crippen LogP) is 3.39. The van der Waals surface area contributed by atoms with Gasteiger partial charge in [0.25, 0.3) is 0 Å². The summed E-state index contributed by atoms with van der Waals surface area (Å²) in [5.41, 5.74) is 0.758. The number of nitro groups is 1. The van der Waals surface area contributed by atoms with Crippen molar-refractivity contribution < 1.29 is 9.66 Å². The highest BCUT2D eigenvalue weighted by atomic mass is 35.5. The van der Waals surface area contributed by atoms with Crippen molar-refractivity contribution in [2.24, 2.45) is 0 Å². The standard InChI is InChI=1S/C12H10ClN3O3/c1-2-8-3-4-10(9(7-8)16(17)18)19-11-5-6-14-12(13)15-11/h3-7H,2H2,1H3. The highest BCUT2D eigenvalue weighted by Gasteiger charge is 2.17. The summed E-state index contributed by atoms with van der Waals surface area (Å²) in [7, 11) is 0. The first kappa shape index (κ1) is 13.2. The second kappa shape index (κ2) is 5.62. The van der Waals surface area contributed by atoms with Crippen LogP contribution in [0.25, 0.3) is 0 Å². The van der Waals surface area contributed by atoms with Crippen molar-refractivity contribution in [1.82, 2.24) is 9.97 Å². The monoisotopic (exact) mass is 279 g/mol. The smallest absolute Gasteiger partial charge is 0.311 e. The van der Waals surface area contributed by atoms with Crippen LogP contribution >= 0.6 is 11.6 Å². The molecule has 0 saturated carbocycles. The Morgan fingerprint density at radius 3 is 2.84 bits per heavy atom. The summed E-state index contributed by atoms with van der Waals surface area (Å²) in [5.74, 6) is 0.282. The van der Waals surface area contributed by atoms with Crippen molar-refractivity contribution in [3.8, 4) is 11.6 Å². The molecule has 2 rings (SSSR count). The van der Waals surface area contributed by atoms with Crippen molar-refractivity contribution in [1.29, 1.82) is 0 Å². The van der Waals surface area contributed by atoms with E-state index < -0.39 is 4.92 Å². The quantitative estimate of drug-likeness (QED) is 0.487. The third-order valence-corrected chi connectivity index (χ3v) is 2.63. The summed E-state index contributed by atoms with van der Waals surface area (Å²) >= 11 is 5.62. The van der Waals surface area contributed by atoms with Crippen LogP contribution in [0.15, 0.2) is 30.5 Å². The molecule has 1 aromatic heterocycles. The first-order valence-corrected chi connectivity index (χ1v) is 5.91. The molecule has 19 heavy (non-hydrogen) atoms. The van der Waals surface area contributed by atoms with Crippen LogP contribution in [0.2, 0.25) is 5.28 Å². The molecule has 0 radical (unpaired) electrons. The number of aromatic nitrogens is 2. The zero-order valence-electron chi connectivity index (χ0n) is 10.0. The molecule has 7 heteroatoms. The number of nitro benzene ring substituents is 1. The van der Waals surface area contributed by atoms with Crippen molar-refractivity contribution >= 4 is 17.3 Å². The molecule has 0 aliphatic carbocycles. The van der Waals surface area contributed by atoms with Crippen molar-refractivity contribution in [2.45, 2.75) is 13.3 Å². The Morgan fingerprint density at radius 2 is 2.21 bits per heavy atom. The van der Waals surface area contributed by atoms with Crippen LogP contribution in [0, 0.1) is 10.1 Å². The second-order valence-electron chi connectivity index (χ2n) is 3.68. The van der Waals surface area contributed by atoms with E-state index in [0.29, 0.717) is 6.42 Å². The lowest BCUT2D eigenvalue weighted by molar-refractivity contribution is -0.385. The average molecular weight is 280 g/mol. The van der Waals surface area contributed by atoms with Crippen molar-refractivity contribution in [2.75, 3.05) is 0 Å². The number of aryl methyl sites for hydroxylation is 1. The van der Waals surface area contributed by atoms with Gasteiger partial charge in [0.2, 0.25) is 16.9 Å². The number of rotatable bonds is 4. The third-order valence-electron chi connectivity index (χ3n) is 2.44. The van der Waals surface area contributed by atoms with Crippen LogP contribution < -0.4 is 4.74 Å². The number of hydrogen-bond acceptors (Lipinski definition) is 5. The molecule has 0 atom stereocenters. The van der Waals surface area contributed by atoms with Crippen LogP contribution in [-0.2, 0) is 6.42 Å². The fourth-order valence-corrected chi connectivity index (χ4v) is 1.64. The molecule has 6 nitrogen and oxygen atoms in total. The molecule has 0 aliphatic heterocycles. The van der Waals surface area contributed by atoms with E-state index in [2.05, 4.69) is 9.97 Å². The number of ether oxygens (including phenoxy) is 1. The summed E-state index contributed by atoms with van der Waals surface area (Å²) < 4.78 is 5.37. The van der Waals surface area contributed by atoms with E-state index in [-0.39, 0.29) is 22.6 Å². The summed E-state index contributed by atoms with van der Waals surface area (Å²) in [6, 6.07) is 6.28. The van der Waals surface area contributed by atoms with Crippen molar-refractivity contribution in [3.05, 3.63) is 51.4 Å². The zero-order chi connectivity index (χ0) is 13.8. The fourth-order valence-electron chi connectivity index (χ4n) is 1.50. The van der Waals surface area contributed by atoms with Gasteiger partial charge < -0.3 is 4.74 Å². The number of halogens is 1. The highest BCUT2D eigenvalue weighted by molar-refractivity contribution is 6.28. The Bertz CT molecular complexity index is 619. The van der Waals surface area contributed by atoms with Gasteiger partial charge in [0.1, 0.15) is 0 Å². The molecule has 1 aromatic carbocycles. The lowest BCUT2D eigenvalue weighted by Crippen LogP contribution is -1.96. The summed E-state index contributed by atoms with van der Waals surface area (Å²) in [6.07, 6.45) is 2.12. The van der Waals surface area contributed by atoms with Crippen LogP contribution in [0.5, 0.6) is 11.6 Å². The van der Waals surface area contributed by atoms with E-state index in [1.807, 2.05) is 6.92 Å². The van der Waals surface area contributed by atoms with Crippen molar-refractivity contribution in [3.63, 3.8) is 0 Å². The first-order chi connectivity index (χ1) is 9.10.